The van der Waals surface area contributed by atoms with Crippen LogP contribution >= 0.6 is 0 Å². The second-order valence-corrected chi connectivity index (χ2v) is 4.45. The topological polar surface area (TPSA) is 68.2 Å². The zero-order valence-electron chi connectivity index (χ0n) is 8.72. The van der Waals surface area contributed by atoms with Gasteiger partial charge in [-0.05, 0) is 32.1 Å². The van der Waals surface area contributed by atoms with Crippen LogP contribution in [0.4, 0.5) is 6.01 Å². The molecule has 2 N–H and O–H groups in total. The Morgan fingerprint density at radius 3 is 2.80 bits per heavy atom. The lowest BCUT2D eigenvalue weighted by molar-refractivity contribution is 0.412. The van der Waals surface area contributed by atoms with Gasteiger partial charge in [-0.25, -0.2) is 0 Å². The second kappa shape index (κ2) is 3.48. The average Bonchev–Trinajstić information content (AvgIpc) is 2.99. The first kappa shape index (κ1) is 9.15. The Balaban J connectivity index is 1.78. The third kappa shape index (κ3) is 1.71. The molecule has 1 atom stereocenters. The molecule has 0 spiro atoms. The summed E-state index contributed by atoms with van der Waals surface area (Å²) in [6.45, 7) is 0.938. The van der Waals surface area contributed by atoms with Gasteiger partial charge in [-0.2, -0.15) is 0 Å². The monoisotopic (exact) mass is 208 g/mol. The summed E-state index contributed by atoms with van der Waals surface area (Å²) >= 11 is 0. The van der Waals surface area contributed by atoms with E-state index in [-0.39, 0.29) is 6.17 Å². The van der Waals surface area contributed by atoms with Crippen LogP contribution in [0.25, 0.3) is 0 Å². The minimum Gasteiger partial charge on any atom is -0.408 e. The van der Waals surface area contributed by atoms with E-state index < -0.39 is 0 Å². The summed E-state index contributed by atoms with van der Waals surface area (Å²) in [6.07, 6.45) is 5.80. The van der Waals surface area contributed by atoms with Crippen LogP contribution in [0.15, 0.2) is 4.42 Å². The van der Waals surface area contributed by atoms with Gasteiger partial charge in [0.25, 0.3) is 0 Å². The Kier molecular flexibility index (Phi) is 2.12. The molecule has 1 aliphatic heterocycles. The minimum atomic E-state index is 0.0475. The molecule has 1 aliphatic carbocycles. The molecule has 5 nitrogen and oxygen atoms in total. The van der Waals surface area contributed by atoms with Crippen LogP contribution in [0, 0.1) is 0 Å². The molecule has 0 radical (unpaired) electrons. The quantitative estimate of drug-likeness (QED) is 0.791. The van der Waals surface area contributed by atoms with Crippen LogP contribution in [0.3, 0.4) is 0 Å². The van der Waals surface area contributed by atoms with Gasteiger partial charge in [0.1, 0.15) is 0 Å². The van der Waals surface area contributed by atoms with E-state index in [0.717, 1.165) is 25.3 Å². The molecule has 1 aromatic heterocycles. The molecular weight excluding hydrogens is 192 g/mol. The van der Waals surface area contributed by atoms with Gasteiger partial charge < -0.3 is 15.1 Å². The highest BCUT2D eigenvalue weighted by atomic mass is 16.4. The summed E-state index contributed by atoms with van der Waals surface area (Å²) in [5, 5.41) is 8.15. The highest BCUT2D eigenvalue weighted by Gasteiger charge is 2.31. The zero-order valence-corrected chi connectivity index (χ0v) is 8.72. The van der Waals surface area contributed by atoms with Crippen LogP contribution in [-0.2, 0) is 0 Å². The number of nitrogens with zero attached hydrogens (tertiary/aromatic N) is 3. The molecule has 0 aromatic carbocycles. The van der Waals surface area contributed by atoms with Gasteiger partial charge in [-0.3, -0.25) is 0 Å². The molecule has 82 valence electrons. The molecule has 1 aromatic rings. The van der Waals surface area contributed by atoms with Crippen LogP contribution < -0.4 is 10.6 Å². The van der Waals surface area contributed by atoms with E-state index in [2.05, 4.69) is 10.2 Å². The van der Waals surface area contributed by atoms with Crippen LogP contribution in [-0.4, -0.2) is 22.9 Å². The summed E-state index contributed by atoms with van der Waals surface area (Å²) < 4.78 is 5.64. The van der Waals surface area contributed by atoms with Gasteiger partial charge in [-0.1, -0.05) is 5.10 Å². The van der Waals surface area contributed by atoms with Crippen molar-refractivity contribution in [1.29, 1.82) is 0 Å². The molecule has 2 aliphatic rings. The number of nitrogens with two attached hydrogens (primary N) is 1. The van der Waals surface area contributed by atoms with Gasteiger partial charge in [0.05, 0.1) is 6.17 Å². The second-order valence-electron chi connectivity index (χ2n) is 4.45. The molecule has 15 heavy (non-hydrogen) atoms. The largest absolute Gasteiger partial charge is 0.408 e. The van der Waals surface area contributed by atoms with E-state index in [1.54, 1.807) is 0 Å². The van der Waals surface area contributed by atoms with Crippen LogP contribution in [0.1, 0.15) is 43.9 Å². The number of hydrogen-bond acceptors (Lipinski definition) is 5. The molecule has 2 heterocycles. The molecule has 3 rings (SSSR count). The van der Waals surface area contributed by atoms with Gasteiger partial charge >= 0.3 is 6.01 Å². The third-order valence-corrected chi connectivity index (χ3v) is 3.15. The summed E-state index contributed by atoms with van der Waals surface area (Å²) in [6, 6.07) is 0.615. The van der Waals surface area contributed by atoms with Crippen molar-refractivity contribution < 1.29 is 4.42 Å². The van der Waals surface area contributed by atoms with E-state index in [4.69, 9.17) is 10.2 Å². The molecular formula is C10H16N4O. The first-order chi connectivity index (χ1) is 7.34. The van der Waals surface area contributed by atoms with Gasteiger partial charge in [0, 0.05) is 12.5 Å². The number of hydrogen-bond donors (Lipinski definition) is 1. The fourth-order valence-electron chi connectivity index (χ4n) is 2.03. The maximum atomic E-state index is 6.01. The molecule has 1 saturated heterocycles. The predicted molar refractivity (Wildman–Crippen MR) is 55.4 cm³/mol. The maximum absolute atomic E-state index is 6.01. The van der Waals surface area contributed by atoms with E-state index in [0.29, 0.717) is 11.9 Å². The summed E-state index contributed by atoms with van der Waals surface area (Å²) in [7, 11) is 0. The Morgan fingerprint density at radius 2 is 2.07 bits per heavy atom. The average molecular weight is 208 g/mol. The molecule has 1 saturated carbocycles. The molecule has 2 fully saturated rings. The Bertz CT molecular complexity index is 347. The summed E-state index contributed by atoms with van der Waals surface area (Å²) in [4.78, 5) is 2.03. The third-order valence-electron chi connectivity index (χ3n) is 3.15. The number of anilines is 1. The van der Waals surface area contributed by atoms with Gasteiger partial charge in [-0.15, -0.1) is 5.10 Å². The lowest BCUT2D eigenvalue weighted by Crippen LogP contribution is -2.45. The van der Waals surface area contributed by atoms with E-state index in [9.17, 15) is 0 Å². The van der Waals surface area contributed by atoms with Crippen molar-refractivity contribution in [3.8, 4) is 0 Å². The van der Waals surface area contributed by atoms with E-state index >= 15 is 0 Å². The molecule has 5 heteroatoms. The minimum absolute atomic E-state index is 0.0475. The number of aromatic nitrogens is 2. The first-order valence-electron chi connectivity index (χ1n) is 5.70. The lowest BCUT2D eigenvalue weighted by Gasteiger charge is -2.31. The summed E-state index contributed by atoms with van der Waals surface area (Å²) in [5.41, 5.74) is 6.01. The maximum Gasteiger partial charge on any atom is 0.319 e. The van der Waals surface area contributed by atoms with Crippen molar-refractivity contribution >= 4 is 6.01 Å². The van der Waals surface area contributed by atoms with Crippen molar-refractivity contribution in [3.63, 3.8) is 0 Å². The highest BCUT2D eigenvalue weighted by molar-refractivity contribution is 5.27. The van der Waals surface area contributed by atoms with Crippen molar-refractivity contribution in [1.82, 2.24) is 10.2 Å². The van der Waals surface area contributed by atoms with Gasteiger partial charge in [0.2, 0.25) is 5.89 Å². The van der Waals surface area contributed by atoms with Crippen molar-refractivity contribution in [2.45, 2.75) is 44.2 Å². The Hall–Kier alpha value is -1.10. The predicted octanol–water partition coefficient (Wildman–Crippen LogP) is 1.22. The van der Waals surface area contributed by atoms with E-state index in [1.807, 2.05) is 4.90 Å². The number of piperidine rings is 1. The van der Waals surface area contributed by atoms with Crippen LogP contribution in [0.5, 0.6) is 0 Å². The summed E-state index contributed by atoms with van der Waals surface area (Å²) in [5.74, 6) is 1.31. The Labute approximate surface area is 88.6 Å². The number of rotatable bonds is 2. The zero-order chi connectivity index (χ0) is 10.3. The normalized spacial score (nSPS) is 27.0. The lowest BCUT2D eigenvalue weighted by atomic mass is 10.1. The van der Waals surface area contributed by atoms with E-state index in [1.165, 1.54) is 19.3 Å². The standard InChI is InChI=1S/C10H16N4O/c11-8-3-1-2-6-14(8)10-13-12-9(15-10)7-4-5-7/h7-8H,1-6,11H2. The smallest absolute Gasteiger partial charge is 0.319 e. The molecule has 0 amide bonds. The fourth-order valence-corrected chi connectivity index (χ4v) is 2.03. The highest BCUT2D eigenvalue weighted by Crippen LogP contribution is 2.40. The van der Waals surface area contributed by atoms with Crippen molar-refractivity contribution in [2.75, 3.05) is 11.4 Å². The SMILES string of the molecule is NC1CCCCN1c1nnc(C2CC2)o1. The first-order valence-corrected chi connectivity index (χ1v) is 5.70. The Morgan fingerprint density at radius 1 is 1.20 bits per heavy atom. The van der Waals surface area contributed by atoms with Crippen LogP contribution in [0.2, 0.25) is 0 Å². The van der Waals surface area contributed by atoms with Crippen molar-refractivity contribution in [2.24, 2.45) is 5.73 Å². The fraction of sp³-hybridized carbons (Fsp3) is 0.800. The molecule has 0 bridgehead atoms. The van der Waals surface area contributed by atoms with Gasteiger partial charge in [0.15, 0.2) is 0 Å². The molecule has 1 unspecified atom stereocenters. The van der Waals surface area contributed by atoms with Crippen molar-refractivity contribution in [3.05, 3.63) is 5.89 Å².